The Morgan fingerprint density at radius 2 is 1.83 bits per heavy atom. The van der Waals surface area contributed by atoms with E-state index in [0.717, 1.165) is 12.0 Å². The molecule has 0 amide bonds. The molecule has 0 radical (unpaired) electrons. The molecule has 0 fully saturated rings. The first-order valence-electron chi connectivity index (χ1n) is 9.19. The minimum absolute atomic E-state index is 0.0355. The molecule has 0 bridgehead atoms. The molecule has 0 unspecified atom stereocenters. The minimum atomic E-state index is -0.475. The van der Waals surface area contributed by atoms with Crippen molar-refractivity contribution in [3.63, 3.8) is 0 Å². The van der Waals surface area contributed by atoms with Crippen LogP contribution in [0.25, 0.3) is 0 Å². The lowest BCUT2D eigenvalue weighted by Crippen LogP contribution is -2.32. The van der Waals surface area contributed by atoms with Gasteiger partial charge in [0, 0.05) is 5.69 Å². The minimum Gasteiger partial charge on any atom is -0.493 e. The lowest BCUT2D eigenvalue weighted by molar-refractivity contribution is 0.0526. The number of ether oxygens (including phenoxy) is 3. The average Bonchev–Trinajstić information content (AvgIpc) is 2.73. The molecule has 0 saturated carbocycles. The quantitative estimate of drug-likeness (QED) is 0.447. The first kappa shape index (κ1) is 22.8. The number of carbonyl (C=O) groups excluding carboxylic acids is 1. The van der Waals surface area contributed by atoms with Crippen LogP contribution in [-0.2, 0) is 4.74 Å². The van der Waals surface area contributed by atoms with Gasteiger partial charge in [-0.2, -0.15) is 0 Å². The molecule has 0 aliphatic heterocycles. The molecule has 0 heterocycles. The Morgan fingerprint density at radius 1 is 1.10 bits per heavy atom. The predicted octanol–water partition coefficient (Wildman–Crippen LogP) is 4.97. The van der Waals surface area contributed by atoms with Crippen LogP contribution in [0.1, 0.15) is 42.2 Å². The number of nitrogens with one attached hydrogen (secondary N) is 2. The van der Waals surface area contributed by atoms with Gasteiger partial charge in [-0.1, -0.05) is 24.6 Å². The number of halogens is 1. The number of carbonyl (C=O) groups is 1. The Labute approximate surface area is 181 Å². The van der Waals surface area contributed by atoms with E-state index in [1.54, 1.807) is 39.3 Å². The van der Waals surface area contributed by atoms with Crippen LogP contribution in [-0.4, -0.2) is 31.9 Å². The van der Waals surface area contributed by atoms with Gasteiger partial charge in [0.15, 0.2) is 16.6 Å². The molecule has 0 aromatic heterocycles. The number of hydrogen-bond donors (Lipinski definition) is 2. The van der Waals surface area contributed by atoms with Crippen molar-refractivity contribution in [1.82, 2.24) is 5.32 Å². The third-order valence-corrected chi connectivity index (χ3v) is 4.79. The van der Waals surface area contributed by atoms with Crippen LogP contribution in [0.5, 0.6) is 11.5 Å². The van der Waals surface area contributed by atoms with Gasteiger partial charge in [-0.25, -0.2) is 4.79 Å². The predicted molar refractivity (Wildman–Crippen MR) is 119 cm³/mol. The van der Waals surface area contributed by atoms with Gasteiger partial charge in [-0.15, -0.1) is 0 Å². The Morgan fingerprint density at radius 3 is 2.45 bits per heavy atom. The summed E-state index contributed by atoms with van der Waals surface area (Å²) >= 11 is 11.6. The number of rotatable bonds is 8. The summed E-state index contributed by atoms with van der Waals surface area (Å²) in [6, 6.07) is 10.7. The van der Waals surface area contributed by atoms with E-state index in [4.69, 9.17) is 38.0 Å². The third kappa shape index (κ3) is 5.98. The highest BCUT2D eigenvalue weighted by atomic mass is 35.5. The maximum atomic E-state index is 12.0. The van der Waals surface area contributed by atoms with Gasteiger partial charge in [-0.05, 0) is 61.5 Å². The molecule has 2 aromatic rings. The summed E-state index contributed by atoms with van der Waals surface area (Å²) in [6.07, 6.45) is 0.798. The van der Waals surface area contributed by atoms with E-state index >= 15 is 0 Å². The number of anilines is 1. The van der Waals surface area contributed by atoms with E-state index in [1.165, 1.54) is 0 Å². The summed E-state index contributed by atoms with van der Waals surface area (Å²) < 4.78 is 15.7. The van der Waals surface area contributed by atoms with Crippen molar-refractivity contribution in [3.05, 3.63) is 52.5 Å². The van der Waals surface area contributed by atoms with Crippen molar-refractivity contribution < 1.29 is 19.0 Å². The summed E-state index contributed by atoms with van der Waals surface area (Å²) in [5.41, 5.74) is 1.93. The van der Waals surface area contributed by atoms with Crippen LogP contribution in [0.2, 0.25) is 5.02 Å². The topological polar surface area (TPSA) is 68.8 Å². The SMILES string of the molecule is CCOC(=O)c1cc(NC(=S)N[C@@H](CC)c2ccc(OC)c(OC)c2)ccc1Cl. The first-order chi connectivity index (χ1) is 13.9. The second kappa shape index (κ2) is 10.9. The van der Waals surface area contributed by atoms with E-state index in [9.17, 15) is 4.79 Å². The van der Waals surface area contributed by atoms with Crippen LogP contribution in [0.15, 0.2) is 36.4 Å². The van der Waals surface area contributed by atoms with E-state index in [0.29, 0.717) is 27.3 Å². The number of hydrogen-bond acceptors (Lipinski definition) is 5. The van der Waals surface area contributed by atoms with E-state index in [2.05, 4.69) is 17.6 Å². The van der Waals surface area contributed by atoms with Crippen LogP contribution in [0, 0.1) is 0 Å². The third-order valence-electron chi connectivity index (χ3n) is 4.24. The smallest absolute Gasteiger partial charge is 0.339 e. The standard InChI is InChI=1S/C21H25ClN2O4S/c1-5-17(13-7-10-18(26-3)19(11-13)27-4)24-21(29)23-14-8-9-16(22)15(12-14)20(25)28-6-2/h7-12,17H,5-6H2,1-4H3,(H2,23,24,29)/t17-/m0/s1. The molecular formula is C21H25ClN2O4S. The second-order valence-electron chi connectivity index (χ2n) is 6.09. The maximum Gasteiger partial charge on any atom is 0.339 e. The van der Waals surface area contributed by atoms with Crippen LogP contribution < -0.4 is 20.1 Å². The Bertz CT molecular complexity index is 876. The highest BCUT2D eigenvalue weighted by Gasteiger charge is 2.16. The molecule has 156 valence electrons. The summed E-state index contributed by atoms with van der Waals surface area (Å²) in [6.45, 7) is 4.07. The zero-order chi connectivity index (χ0) is 21.4. The Kier molecular flexibility index (Phi) is 8.54. The fourth-order valence-electron chi connectivity index (χ4n) is 2.78. The molecule has 1 atom stereocenters. The summed E-state index contributed by atoms with van der Waals surface area (Å²) in [4.78, 5) is 12.0. The molecule has 2 rings (SSSR count). The highest BCUT2D eigenvalue weighted by Crippen LogP contribution is 2.31. The zero-order valence-corrected chi connectivity index (χ0v) is 18.4. The molecule has 0 aliphatic carbocycles. The molecule has 2 aromatic carbocycles. The normalized spacial score (nSPS) is 11.3. The molecule has 0 saturated heterocycles. The fraction of sp³-hybridized carbons (Fsp3) is 0.333. The van der Waals surface area contributed by atoms with Gasteiger partial charge in [0.05, 0.1) is 37.5 Å². The molecule has 6 nitrogen and oxygen atoms in total. The lowest BCUT2D eigenvalue weighted by atomic mass is 10.0. The highest BCUT2D eigenvalue weighted by molar-refractivity contribution is 7.80. The van der Waals surface area contributed by atoms with Crippen molar-refractivity contribution in [3.8, 4) is 11.5 Å². The molecule has 0 aliphatic rings. The summed E-state index contributed by atoms with van der Waals surface area (Å²) in [7, 11) is 3.20. The average molecular weight is 437 g/mol. The largest absolute Gasteiger partial charge is 0.493 e. The van der Waals surface area contributed by atoms with Gasteiger partial charge in [0.2, 0.25) is 0 Å². The first-order valence-corrected chi connectivity index (χ1v) is 9.98. The van der Waals surface area contributed by atoms with Crippen LogP contribution in [0.4, 0.5) is 5.69 Å². The molecule has 8 heteroatoms. The van der Waals surface area contributed by atoms with Gasteiger partial charge in [0.25, 0.3) is 0 Å². The number of esters is 1. The van der Waals surface area contributed by atoms with Gasteiger partial charge in [0.1, 0.15) is 0 Å². The number of thiocarbonyl (C=S) groups is 1. The van der Waals surface area contributed by atoms with Crippen molar-refractivity contribution >= 4 is 40.6 Å². The number of benzene rings is 2. The van der Waals surface area contributed by atoms with Crippen molar-refractivity contribution in [1.29, 1.82) is 0 Å². The van der Waals surface area contributed by atoms with E-state index < -0.39 is 5.97 Å². The van der Waals surface area contributed by atoms with Gasteiger partial charge in [-0.3, -0.25) is 0 Å². The van der Waals surface area contributed by atoms with Crippen molar-refractivity contribution in [2.75, 3.05) is 26.1 Å². The van der Waals surface area contributed by atoms with E-state index in [-0.39, 0.29) is 18.2 Å². The monoisotopic (exact) mass is 436 g/mol. The zero-order valence-electron chi connectivity index (χ0n) is 16.9. The summed E-state index contributed by atoms with van der Waals surface area (Å²) in [5, 5.41) is 7.12. The number of methoxy groups -OCH3 is 2. The maximum absolute atomic E-state index is 12.0. The Balaban J connectivity index is 2.13. The second-order valence-corrected chi connectivity index (χ2v) is 6.90. The van der Waals surface area contributed by atoms with Crippen LogP contribution in [0.3, 0.4) is 0 Å². The van der Waals surface area contributed by atoms with Gasteiger partial charge < -0.3 is 24.8 Å². The molecule has 29 heavy (non-hydrogen) atoms. The molecular weight excluding hydrogens is 412 g/mol. The lowest BCUT2D eigenvalue weighted by Gasteiger charge is -2.21. The molecule has 0 spiro atoms. The van der Waals surface area contributed by atoms with Crippen molar-refractivity contribution in [2.24, 2.45) is 0 Å². The summed E-state index contributed by atoms with van der Waals surface area (Å²) in [5.74, 6) is 0.845. The molecule has 2 N–H and O–H groups in total. The van der Waals surface area contributed by atoms with Crippen molar-refractivity contribution in [2.45, 2.75) is 26.3 Å². The Hall–Kier alpha value is -2.51. The fourth-order valence-corrected chi connectivity index (χ4v) is 3.24. The van der Waals surface area contributed by atoms with E-state index in [1.807, 2.05) is 18.2 Å². The van der Waals surface area contributed by atoms with Gasteiger partial charge >= 0.3 is 5.97 Å². The van der Waals surface area contributed by atoms with Crippen LogP contribution >= 0.6 is 23.8 Å².